The van der Waals surface area contributed by atoms with E-state index in [0.717, 1.165) is 23.5 Å². The van der Waals surface area contributed by atoms with Gasteiger partial charge in [-0.2, -0.15) is 13.2 Å². The summed E-state index contributed by atoms with van der Waals surface area (Å²) < 4.78 is 37.1. The maximum Gasteiger partial charge on any atom is 0.416 e. The lowest BCUT2D eigenvalue weighted by Crippen LogP contribution is -2.04. The van der Waals surface area contributed by atoms with Gasteiger partial charge in [-0.05, 0) is 17.7 Å². The van der Waals surface area contributed by atoms with Crippen LogP contribution in [0.4, 0.5) is 13.2 Å². The van der Waals surface area contributed by atoms with Gasteiger partial charge in [-0.1, -0.05) is 12.1 Å². The van der Waals surface area contributed by atoms with Crippen molar-refractivity contribution < 1.29 is 23.1 Å². The Balaban J connectivity index is 2.13. The van der Waals surface area contributed by atoms with Crippen LogP contribution in [0.15, 0.2) is 30.5 Å². The van der Waals surface area contributed by atoms with Gasteiger partial charge in [0.2, 0.25) is 0 Å². The van der Waals surface area contributed by atoms with E-state index in [9.17, 15) is 18.0 Å². The molecule has 0 saturated heterocycles. The number of nitrogens with zero attached hydrogens (tertiary/aromatic N) is 1. The van der Waals surface area contributed by atoms with E-state index in [-0.39, 0.29) is 4.88 Å². The molecule has 0 unspecified atom stereocenters. The minimum atomic E-state index is -4.35. The van der Waals surface area contributed by atoms with Crippen LogP contribution in [-0.2, 0) is 12.6 Å². The van der Waals surface area contributed by atoms with Crippen LogP contribution in [0.2, 0.25) is 0 Å². The molecule has 2 aromatic rings. The Kier molecular flexibility index (Phi) is 3.57. The fraction of sp³-hybridized carbons (Fsp3) is 0.167. The van der Waals surface area contributed by atoms with Gasteiger partial charge in [-0.3, -0.25) is 0 Å². The monoisotopic (exact) mass is 287 g/mol. The molecule has 2 rings (SSSR count). The van der Waals surface area contributed by atoms with Crippen LogP contribution < -0.4 is 0 Å². The van der Waals surface area contributed by atoms with Crippen LogP contribution in [0.5, 0.6) is 0 Å². The van der Waals surface area contributed by atoms with E-state index < -0.39 is 17.7 Å². The number of carbonyl (C=O) groups is 1. The molecule has 1 N–H and O–H groups in total. The van der Waals surface area contributed by atoms with Crippen molar-refractivity contribution in [2.24, 2.45) is 0 Å². The quantitative estimate of drug-likeness (QED) is 0.940. The molecule has 3 nitrogen and oxygen atoms in total. The number of aromatic nitrogens is 1. The highest BCUT2D eigenvalue weighted by Crippen LogP contribution is 2.29. The average Bonchev–Trinajstić information content (AvgIpc) is 2.77. The van der Waals surface area contributed by atoms with E-state index in [0.29, 0.717) is 17.0 Å². The Morgan fingerprint density at radius 1 is 1.26 bits per heavy atom. The summed E-state index contributed by atoms with van der Waals surface area (Å²) in [5.74, 6) is -1.06. The van der Waals surface area contributed by atoms with E-state index in [2.05, 4.69) is 4.98 Å². The molecule has 0 atom stereocenters. The summed E-state index contributed by atoms with van der Waals surface area (Å²) in [5.41, 5.74) is -0.0547. The molecule has 0 radical (unpaired) electrons. The van der Waals surface area contributed by atoms with E-state index in [1.807, 2.05) is 0 Å². The fourth-order valence-corrected chi connectivity index (χ4v) is 2.27. The van der Waals surface area contributed by atoms with Crippen molar-refractivity contribution in [2.45, 2.75) is 12.6 Å². The largest absolute Gasteiger partial charge is 0.477 e. The molecule has 1 aromatic carbocycles. The van der Waals surface area contributed by atoms with Crippen molar-refractivity contribution in [1.29, 1.82) is 0 Å². The van der Waals surface area contributed by atoms with Crippen molar-refractivity contribution in [3.05, 3.63) is 51.5 Å². The number of carboxylic acids is 1. The molecule has 100 valence electrons. The maximum absolute atomic E-state index is 12.4. The molecular weight excluding hydrogens is 279 g/mol. The second-order valence-electron chi connectivity index (χ2n) is 3.79. The first-order chi connectivity index (χ1) is 8.86. The molecule has 19 heavy (non-hydrogen) atoms. The maximum atomic E-state index is 12.4. The summed E-state index contributed by atoms with van der Waals surface area (Å²) in [6, 6.07) is 4.73. The van der Waals surface area contributed by atoms with Gasteiger partial charge in [-0.15, -0.1) is 11.3 Å². The second kappa shape index (κ2) is 5.00. The number of alkyl halides is 3. The van der Waals surface area contributed by atoms with Gasteiger partial charge in [0.05, 0.1) is 16.8 Å². The van der Waals surface area contributed by atoms with Crippen LogP contribution in [-0.4, -0.2) is 16.1 Å². The third kappa shape index (κ3) is 3.31. The minimum absolute atomic E-state index is 0.113. The molecule has 0 spiro atoms. The van der Waals surface area contributed by atoms with Crippen molar-refractivity contribution in [3.8, 4) is 0 Å². The Morgan fingerprint density at radius 3 is 2.37 bits per heavy atom. The number of halogens is 3. The van der Waals surface area contributed by atoms with Crippen LogP contribution >= 0.6 is 11.3 Å². The number of hydrogen-bond donors (Lipinski definition) is 1. The van der Waals surface area contributed by atoms with Gasteiger partial charge < -0.3 is 5.11 Å². The van der Waals surface area contributed by atoms with Crippen molar-refractivity contribution in [3.63, 3.8) is 0 Å². The van der Waals surface area contributed by atoms with E-state index in [1.165, 1.54) is 18.3 Å². The summed E-state index contributed by atoms with van der Waals surface area (Å²) >= 11 is 1.01. The predicted octanol–water partition coefficient (Wildman–Crippen LogP) is 3.45. The molecule has 0 aliphatic carbocycles. The van der Waals surface area contributed by atoms with E-state index in [1.54, 1.807) is 0 Å². The van der Waals surface area contributed by atoms with Crippen LogP contribution in [0, 0.1) is 0 Å². The van der Waals surface area contributed by atoms with Gasteiger partial charge in [0.15, 0.2) is 0 Å². The zero-order valence-corrected chi connectivity index (χ0v) is 10.3. The molecule has 0 fully saturated rings. The lowest BCUT2D eigenvalue weighted by molar-refractivity contribution is -0.137. The normalized spacial score (nSPS) is 11.5. The SMILES string of the molecule is O=C(O)c1cnc(Cc2ccc(C(F)(F)F)cc2)s1. The van der Waals surface area contributed by atoms with Gasteiger partial charge in [0, 0.05) is 6.42 Å². The summed E-state index contributed by atoms with van der Waals surface area (Å²) in [4.78, 5) is 14.7. The second-order valence-corrected chi connectivity index (χ2v) is 4.91. The van der Waals surface area contributed by atoms with Gasteiger partial charge >= 0.3 is 12.1 Å². The van der Waals surface area contributed by atoms with Crippen molar-refractivity contribution in [2.75, 3.05) is 0 Å². The zero-order chi connectivity index (χ0) is 14.0. The Labute approximate surface area is 110 Å². The molecule has 0 bridgehead atoms. The Morgan fingerprint density at radius 2 is 1.89 bits per heavy atom. The van der Waals surface area contributed by atoms with Crippen molar-refractivity contribution in [1.82, 2.24) is 4.98 Å². The summed E-state index contributed by atoms with van der Waals surface area (Å²) in [7, 11) is 0. The third-order valence-corrected chi connectivity index (χ3v) is 3.39. The molecule has 1 aromatic heterocycles. The smallest absolute Gasteiger partial charge is 0.416 e. The highest BCUT2D eigenvalue weighted by atomic mass is 32.1. The minimum Gasteiger partial charge on any atom is -0.477 e. The van der Waals surface area contributed by atoms with E-state index in [4.69, 9.17) is 5.11 Å². The first-order valence-corrected chi connectivity index (χ1v) is 6.02. The first-order valence-electron chi connectivity index (χ1n) is 5.20. The molecule has 7 heteroatoms. The number of aromatic carboxylic acids is 1. The van der Waals surface area contributed by atoms with Crippen LogP contribution in [0.3, 0.4) is 0 Å². The molecular formula is C12H8F3NO2S. The summed E-state index contributed by atoms with van der Waals surface area (Å²) in [6.07, 6.45) is -2.79. The molecule has 1 heterocycles. The number of thiazole rings is 1. The lowest BCUT2D eigenvalue weighted by atomic mass is 10.1. The standard InChI is InChI=1S/C12H8F3NO2S/c13-12(14,15)8-3-1-7(2-4-8)5-10-16-6-9(19-10)11(17)18/h1-4,6H,5H2,(H,17,18). The zero-order valence-electron chi connectivity index (χ0n) is 9.44. The highest BCUT2D eigenvalue weighted by Gasteiger charge is 2.29. The first kappa shape index (κ1) is 13.5. The van der Waals surface area contributed by atoms with Crippen LogP contribution in [0.1, 0.15) is 25.8 Å². The molecule has 0 saturated carbocycles. The van der Waals surface area contributed by atoms with Gasteiger partial charge in [-0.25, -0.2) is 9.78 Å². The number of hydrogen-bond acceptors (Lipinski definition) is 3. The number of rotatable bonds is 3. The number of carboxylic acid groups (broad SMARTS) is 1. The van der Waals surface area contributed by atoms with Gasteiger partial charge in [0.1, 0.15) is 4.88 Å². The molecule has 0 amide bonds. The molecule has 0 aliphatic rings. The summed E-state index contributed by atoms with van der Waals surface area (Å²) in [6.45, 7) is 0. The predicted molar refractivity (Wildman–Crippen MR) is 63.3 cm³/mol. The molecule has 0 aliphatic heterocycles. The van der Waals surface area contributed by atoms with Crippen LogP contribution in [0.25, 0.3) is 0 Å². The Bertz CT molecular complexity index is 590. The van der Waals surface area contributed by atoms with E-state index >= 15 is 0 Å². The summed E-state index contributed by atoms with van der Waals surface area (Å²) in [5, 5.41) is 9.29. The fourth-order valence-electron chi connectivity index (χ4n) is 1.48. The highest BCUT2D eigenvalue weighted by molar-refractivity contribution is 7.13. The topological polar surface area (TPSA) is 50.2 Å². The Hall–Kier alpha value is -1.89. The van der Waals surface area contributed by atoms with Gasteiger partial charge in [0.25, 0.3) is 0 Å². The number of benzene rings is 1. The third-order valence-electron chi connectivity index (χ3n) is 2.40. The average molecular weight is 287 g/mol. The van der Waals surface area contributed by atoms with Crippen molar-refractivity contribution >= 4 is 17.3 Å². The lowest BCUT2D eigenvalue weighted by Gasteiger charge is -2.06.